The molecule has 0 bridgehead atoms. The number of amides is 1. The molecule has 1 aromatic rings. The molecule has 1 saturated heterocycles. The number of nitrogens with zero attached hydrogens (tertiary/aromatic N) is 1. The summed E-state index contributed by atoms with van der Waals surface area (Å²) in [5.74, 6) is -1.31. The molecule has 0 unspecified atom stereocenters. The fourth-order valence-corrected chi connectivity index (χ4v) is 2.92. The van der Waals surface area contributed by atoms with Crippen molar-refractivity contribution in [1.82, 2.24) is 10.2 Å². The highest BCUT2D eigenvalue weighted by Gasteiger charge is 2.21. The Bertz CT molecular complexity index is 615. The second kappa shape index (κ2) is 10.3. The van der Waals surface area contributed by atoms with Gasteiger partial charge in [-0.15, -0.1) is 0 Å². The van der Waals surface area contributed by atoms with E-state index in [2.05, 4.69) is 15.5 Å². The number of rotatable bonds is 9. The van der Waals surface area contributed by atoms with Gasteiger partial charge in [0.1, 0.15) is 6.04 Å². The summed E-state index contributed by atoms with van der Waals surface area (Å²) < 4.78 is 5.30. The summed E-state index contributed by atoms with van der Waals surface area (Å²) in [6.07, 6.45) is 0.739. The summed E-state index contributed by atoms with van der Waals surface area (Å²) >= 11 is 0. The van der Waals surface area contributed by atoms with Crippen LogP contribution in [-0.4, -0.2) is 67.3 Å². The van der Waals surface area contributed by atoms with Crippen LogP contribution in [0.25, 0.3) is 0 Å². The average Bonchev–Trinajstić information content (AvgIpc) is 2.62. The third kappa shape index (κ3) is 6.40. The minimum absolute atomic E-state index is 0.0970. The average molecular weight is 363 g/mol. The Morgan fingerprint density at radius 1 is 1.27 bits per heavy atom. The standard InChI is InChI=1S/C19H29N3O4/c1-14-5-3-6-16(15(14)2)21-18(23)13-17(19(24)25)20-7-4-8-22-9-11-26-12-10-22/h3,5-6,17,20H,4,7-13H2,1-2H3,(H,21,23)(H,24,25)/t17-/m0/s1. The first-order chi connectivity index (χ1) is 12.5. The Labute approximate surface area is 154 Å². The molecule has 0 spiro atoms. The van der Waals surface area contributed by atoms with Crippen molar-refractivity contribution in [2.75, 3.05) is 44.7 Å². The van der Waals surface area contributed by atoms with Gasteiger partial charge >= 0.3 is 5.97 Å². The molecule has 1 aliphatic rings. The third-order valence-corrected chi connectivity index (χ3v) is 4.71. The molecule has 1 aliphatic heterocycles. The van der Waals surface area contributed by atoms with Crippen LogP contribution in [0, 0.1) is 13.8 Å². The number of benzene rings is 1. The van der Waals surface area contributed by atoms with E-state index in [-0.39, 0.29) is 12.3 Å². The lowest BCUT2D eigenvalue weighted by Gasteiger charge is -2.26. The number of carbonyl (C=O) groups is 2. The van der Waals surface area contributed by atoms with Crippen LogP contribution < -0.4 is 10.6 Å². The molecule has 2 rings (SSSR count). The second-order valence-corrected chi connectivity index (χ2v) is 6.65. The maximum absolute atomic E-state index is 12.2. The van der Waals surface area contributed by atoms with Crippen LogP contribution in [-0.2, 0) is 14.3 Å². The topological polar surface area (TPSA) is 90.9 Å². The zero-order valence-corrected chi connectivity index (χ0v) is 15.6. The van der Waals surface area contributed by atoms with Gasteiger partial charge in [0.05, 0.1) is 19.6 Å². The van der Waals surface area contributed by atoms with E-state index in [1.54, 1.807) is 0 Å². The fourth-order valence-electron chi connectivity index (χ4n) is 2.92. The first kappa shape index (κ1) is 20.4. The van der Waals surface area contributed by atoms with Gasteiger partial charge in [-0.1, -0.05) is 12.1 Å². The van der Waals surface area contributed by atoms with Gasteiger partial charge in [0.2, 0.25) is 5.91 Å². The Kier molecular flexibility index (Phi) is 8.03. The van der Waals surface area contributed by atoms with E-state index in [4.69, 9.17) is 4.74 Å². The van der Waals surface area contributed by atoms with E-state index in [1.165, 1.54) is 0 Å². The Balaban J connectivity index is 1.76. The molecule has 7 heteroatoms. The van der Waals surface area contributed by atoms with Gasteiger partial charge in [0.15, 0.2) is 0 Å². The minimum atomic E-state index is -1.01. The van der Waals surface area contributed by atoms with Crippen molar-refractivity contribution in [3.8, 4) is 0 Å². The van der Waals surface area contributed by atoms with Crippen LogP contribution in [0.1, 0.15) is 24.0 Å². The van der Waals surface area contributed by atoms with E-state index in [0.717, 1.165) is 56.1 Å². The number of morpholine rings is 1. The highest BCUT2D eigenvalue weighted by molar-refractivity contribution is 5.94. The van der Waals surface area contributed by atoms with E-state index < -0.39 is 12.0 Å². The molecule has 144 valence electrons. The predicted molar refractivity (Wildman–Crippen MR) is 100 cm³/mol. The van der Waals surface area contributed by atoms with Crippen LogP contribution in [0.4, 0.5) is 5.69 Å². The summed E-state index contributed by atoms with van der Waals surface area (Å²) in [6.45, 7) is 8.71. The quantitative estimate of drug-likeness (QED) is 0.575. The van der Waals surface area contributed by atoms with Crippen molar-refractivity contribution in [3.63, 3.8) is 0 Å². The van der Waals surface area contributed by atoms with Crippen molar-refractivity contribution < 1.29 is 19.4 Å². The van der Waals surface area contributed by atoms with E-state index >= 15 is 0 Å². The zero-order valence-electron chi connectivity index (χ0n) is 15.6. The Hall–Kier alpha value is -1.96. The molecule has 0 saturated carbocycles. The van der Waals surface area contributed by atoms with Gasteiger partial charge in [0, 0.05) is 18.8 Å². The van der Waals surface area contributed by atoms with Gasteiger partial charge in [-0.25, -0.2) is 0 Å². The van der Waals surface area contributed by atoms with E-state index in [9.17, 15) is 14.7 Å². The number of carboxylic acids is 1. The SMILES string of the molecule is Cc1cccc(NC(=O)C[C@H](NCCCN2CCOCC2)C(=O)O)c1C. The lowest BCUT2D eigenvalue weighted by Crippen LogP contribution is -2.42. The lowest BCUT2D eigenvalue weighted by molar-refractivity contribution is -0.141. The highest BCUT2D eigenvalue weighted by atomic mass is 16.5. The van der Waals surface area contributed by atoms with E-state index in [0.29, 0.717) is 6.54 Å². The van der Waals surface area contributed by atoms with Crippen molar-refractivity contribution in [3.05, 3.63) is 29.3 Å². The molecule has 1 fully saturated rings. The van der Waals surface area contributed by atoms with Crippen LogP contribution in [0.3, 0.4) is 0 Å². The number of nitrogens with one attached hydrogen (secondary N) is 2. The number of hydrogen-bond donors (Lipinski definition) is 3. The first-order valence-electron chi connectivity index (χ1n) is 9.09. The second-order valence-electron chi connectivity index (χ2n) is 6.65. The number of anilines is 1. The normalized spacial score (nSPS) is 16.2. The lowest BCUT2D eigenvalue weighted by atomic mass is 10.1. The van der Waals surface area contributed by atoms with Crippen molar-refractivity contribution >= 4 is 17.6 Å². The number of hydrogen-bond acceptors (Lipinski definition) is 5. The van der Waals surface area contributed by atoms with Crippen molar-refractivity contribution in [2.45, 2.75) is 32.7 Å². The summed E-state index contributed by atoms with van der Waals surface area (Å²) in [5.41, 5.74) is 2.80. The minimum Gasteiger partial charge on any atom is -0.480 e. The Morgan fingerprint density at radius 3 is 2.69 bits per heavy atom. The maximum atomic E-state index is 12.2. The number of aryl methyl sites for hydroxylation is 1. The predicted octanol–water partition coefficient (Wildman–Crippen LogP) is 1.40. The van der Waals surface area contributed by atoms with Gasteiger partial charge in [0.25, 0.3) is 0 Å². The highest BCUT2D eigenvalue weighted by Crippen LogP contribution is 2.18. The zero-order chi connectivity index (χ0) is 18.9. The summed E-state index contributed by atoms with van der Waals surface area (Å²) in [5, 5.41) is 15.2. The van der Waals surface area contributed by atoms with Crippen molar-refractivity contribution in [2.24, 2.45) is 0 Å². The van der Waals surface area contributed by atoms with Gasteiger partial charge < -0.3 is 20.5 Å². The molecule has 3 N–H and O–H groups in total. The smallest absolute Gasteiger partial charge is 0.321 e. The largest absolute Gasteiger partial charge is 0.480 e. The maximum Gasteiger partial charge on any atom is 0.321 e. The summed E-state index contributed by atoms with van der Waals surface area (Å²) in [4.78, 5) is 26.0. The number of ether oxygens (including phenoxy) is 1. The first-order valence-corrected chi connectivity index (χ1v) is 9.09. The molecule has 1 amide bonds. The molecule has 0 radical (unpaired) electrons. The molecular weight excluding hydrogens is 334 g/mol. The third-order valence-electron chi connectivity index (χ3n) is 4.71. The van der Waals surface area contributed by atoms with Crippen molar-refractivity contribution in [1.29, 1.82) is 0 Å². The van der Waals surface area contributed by atoms with Crippen LogP contribution in [0.5, 0.6) is 0 Å². The molecule has 0 aromatic heterocycles. The molecule has 1 heterocycles. The van der Waals surface area contributed by atoms with Gasteiger partial charge in [-0.2, -0.15) is 0 Å². The molecular formula is C19H29N3O4. The number of aliphatic carboxylic acids is 1. The van der Waals surface area contributed by atoms with Crippen LogP contribution in [0.2, 0.25) is 0 Å². The summed E-state index contributed by atoms with van der Waals surface area (Å²) in [6, 6.07) is 4.79. The molecule has 1 atom stereocenters. The van der Waals surface area contributed by atoms with Crippen LogP contribution >= 0.6 is 0 Å². The van der Waals surface area contributed by atoms with Gasteiger partial charge in [-0.3, -0.25) is 14.5 Å². The van der Waals surface area contributed by atoms with E-state index in [1.807, 2.05) is 32.0 Å². The Morgan fingerprint density at radius 2 is 2.00 bits per heavy atom. The van der Waals surface area contributed by atoms with Crippen LogP contribution in [0.15, 0.2) is 18.2 Å². The number of carbonyl (C=O) groups excluding carboxylic acids is 1. The number of carboxylic acid groups (broad SMARTS) is 1. The monoisotopic (exact) mass is 363 g/mol. The molecule has 0 aliphatic carbocycles. The molecule has 26 heavy (non-hydrogen) atoms. The summed E-state index contributed by atoms with van der Waals surface area (Å²) in [7, 11) is 0. The fraction of sp³-hybridized carbons (Fsp3) is 0.579. The van der Waals surface area contributed by atoms with Gasteiger partial charge in [-0.05, 0) is 50.6 Å². The molecule has 7 nitrogen and oxygen atoms in total. The molecule has 1 aromatic carbocycles.